The molecule has 0 aliphatic rings. The molecule has 0 fully saturated rings. The van der Waals surface area contributed by atoms with E-state index in [0.717, 1.165) is 6.07 Å². The van der Waals surface area contributed by atoms with Crippen LogP contribution in [0.25, 0.3) is 0 Å². The molecule has 1 rings (SSSR count). The standard InChI is InChI=1S/C5H4FNO2S/c6-4-2-1-3-5(7-4)10(8)9/h1-3H,(H,8,9). The average Bonchev–Trinajstić information content (AvgIpc) is 1.88. The zero-order valence-corrected chi connectivity index (χ0v) is 5.64. The van der Waals surface area contributed by atoms with Gasteiger partial charge in [-0.2, -0.15) is 4.39 Å². The van der Waals surface area contributed by atoms with Crippen LogP contribution in [0.15, 0.2) is 23.2 Å². The Morgan fingerprint density at radius 3 is 2.70 bits per heavy atom. The van der Waals surface area contributed by atoms with Crippen molar-refractivity contribution in [2.75, 3.05) is 0 Å². The molecule has 3 nitrogen and oxygen atoms in total. The van der Waals surface area contributed by atoms with Crippen LogP contribution in [-0.2, 0) is 11.1 Å². The zero-order valence-electron chi connectivity index (χ0n) is 4.82. The fourth-order valence-corrected chi connectivity index (χ4v) is 0.847. The minimum atomic E-state index is -2.19. The fourth-order valence-electron chi connectivity index (χ4n) is 0.487. The van der Waals surface area contributed by atoms with E-state index < -0.39 is 17.0 Å². The molecule has 1 aromatic heterocycles. The van der Waals surface area contributed by atoms with Gasteiger partial charge >= 0.3 is 0 Å². The van der Waals surface area contributed by atoms with Crippen LogP contribution in [-0.4, -0.2) is 13.7 Å². The highest BCUT2D eigenvalue weighted by molar-refractivity contribution is 7.79. The van der Waals surface area contributed by atoms with Crippen molar-refractivity contribution in [3.63, 3.8) is 0 Å². The van der Waals surface area contributed by atoms with Gasteiger partial charge in [-0.05, 0) is 12.1 Å². The molecular formula is C5H4FNO2S. The number of hydrogen-bond acceptors (Lipinski definition) is 2. The van der Waals surface area contributed by atoms with Gasteiger partial charge < -0.3 is 4.55 Å². The summed E-state index contributed by atoms with van der Waals surface area (Å²) in [7, 11) is 0. The molecule has 0 aromatic carbocycles. The summed E-state index contributed by atoms with van der Waals surface area (Å²) in [6, 6.07) is 3.71. The predicted molar refractivity (Wildman–Crippen MR) is 33.2 cm³/mol. The van der Waals surface area contributed by atoms with Crippen LogP contribution < -0.4 is 0 Å². The first-order valence-electron chi connectivity index (χ1n) is 2.43. The topological polar surface area (TPSA) is 50.2 Å². The van der Waals surface area contributed by atoms with E-state index in [0.29, 0.717) is 0 Å². The number of rotatable bonds is 1. The third-order valence-corrected chi connectivity index (χ3v) is 1.45. The molecule has 1 N–H and O–H groups in total. The molecule has 5 heteroatoms. The molecule has 0 spiro atoms. The Morgan fingerprint density at radius 2 is 2.30 bits per heavy atom. The largest absolute Gasteiger partial charge is 0.301 e. The number of halogens is 1. The first kappa shape index (κ1) is 7.30. The maximum absolute atomic E-state index is 12.2. The summed E-state index contributed by atoms with van der Waals surface area (Å²) in [5.41, 5.74) is 0. The van der Waals surface area contributed by atoms with Crippen molar-refractivity contribution in [2.45, 2.75) is 5.03 Å². The van der Waals surface area contributed by atoms with E-state index in [1.165, 1.54) is 12.1 Å². The van der Waals surface area contributed by atoms with Crippen molar-refractivity contribution in [2.24, 2.45) is 0 Å². The van der Waals surface area contributed by atoms with Gasteiger partial charge in [-0.15, -0.1) is 0 Å². The summed E-state index contributed by atoms with van der Waals surface area (Å²) in [5, 5.41) is -0.167. The Morgan fingerprint density at radius 1 is 1.60 bits per heavy atom. The Hall–Kier alpha value is -0.810. The van der Waals surface area contributed by atoms with Gasteiger partial charge in [-0.3, -0.25) is 0 Å². The second kappa shape index (κ2) is 2.85. The molecule has 10 heavy (non-hydrogen) atoms. The highest BCUT2D eigenvalue weighted by Gasteiger charge is 2.00. The molecule has 0 aliphatic heterocycles. The monoisotopic (exact) mass is 161 g/mol. The SMILES string of the molecule is O=S(O)c1cccc(F)n1. The molecular weight excluding hydrogens is 157 g/mol. The Bertz CT molecular complexity index is 266. The molecule has 1 unspecified atom stereocenters. The Kier molecular flexibility index (Phi) is 2.08. The Labute approximate surface area is 59.2 Å². The van der Waals surface area contributed by atoms with E-state index in [2.05, 4.69) is 4.98 Å². The zero-order chi connectivity index (χ0) is 7.56. The molecule has 1 atom stereocenters. The van der Waals surface area contributed by atoms with E-state index in [9.17, 15) is 8.60 Å². The molecule has 0 saturated carbocycles. The summed E-state index contributed by atoms with van der Waals surface area (Å²) in [6.45, 7) is 0. The molecule has 0 radical (unpaired) electrons. The molecule has 1 aromatic rings. The molecule has 0 aliphatic carbocycles. The second-order valence-electron chi connectivity index (χ2n) is 1.55. The first-order chi connectivity index (χ1) is 4.70. The summed E-state index contributed by atoms with van der Waals surface area (Å²) in [4.78, 5) is 3.16. The number of nitrogens with zero attached hydrogens (tertiary/aromatic N) is 1. The van der Waals surface area contributed by atoms with E-state index in [1.807, 2.05) is 0 Å². The lowest BCUT2D eigenvalue weighted by atomic mass is 10.5. The third kappa shape index (κ3) is 1.58. The first-order valence-corrected chi connectivity index (χ1v) is 3.54. The maximum atomic E-state index is 12.2. The van der Waals surface area contributed by atoms with Gasteiger partial charge in [-0.1, -0.05) is 6.07 Å². The van der Waals surface area contributed by atoms with Gasteiger partial charge in [0, 0.05) is 0 Å². The summed E-state index contributed by atoms with van der Waals surface area (Å²) < 4.78 is 30.8. The van der Waals surface area contributed by atoms with Crippen LogP contribution in [0.2, 0.25) is 0 Å². The number of pyridine rings is 1. The van der Waals surface area contributed by atoms with Crippen LogP contribution in [0.3, 0.4) is 0 Å². The van der Waals surface area contributed by atoms with Crippen LogP contribution in [0, 0.1) is 5.95 Å². The van der Waals surface area contributed by atoms with Gasteiger partial charge in [0.2, 0.25) is 17.0 Å². The van der Waals surface area contributed by atoms with E-state index in [4.69, 9.17) is 4.55 Å². The number of hydrogen-bond donors (Lipinski definition) is 1. The van der Waals surface area contributed by atoms with Crippen LogP contribution >= 0.6 is 0 Å². The normalized spacial score (nSPS) is 13.0. The van der Waals surface area contributed by atoms with Gasteiger partial charge in [-0.25, -0.2) is 9.19 Å². The highest BCUT2D eigenvalue weighted by Crippen LogP contribution is 2.00. The van der Waals surface area contributed by atoms with Crippen molar-refractivity contribution in [3.8, 4) is 0 Å². The predicted octanol–water partition coefficient (Wildman–Crippen LogP) is 0.801. The van der Waals surface area contributed by atoms with Gasteiger partial charge in [0.05, 0.1) is 0 Å². The van der Waals surface area contributed by atoms with Crippen molar-refractivity contribution < 1.29 is 13.2 Å². The van der Waals surface area contributed by atoms with Crippen molar-refractivity contribution >= 4 is 11.1 Å². The van der Waals surface area contributed by atoms with Gasteiger partial charge in [0.25, 0.3) is 0 Å². The van der Waals surface area contributed by atoms with Gasteiger partial charge in [0.15, 0.2) is 5.03 Å². The lowest BCUT2D eigenvalue weighted by Gasteiger charge is -1.90. The molecule has 0 saturated heterocycles. The molecule has 1 heterocycles. The minimum absolute atomic E-state index is 0.167. The van der Waals surface area contributed by atoms with Crippen LogP contribution in [0.1, 0.15) is 0 Å². The van der Waals surface area contributed by atoms with E-state index in [1.54, 1.807) is 0 Å². The third-order valence-electron chi connectivity index (χ3n) is 0.868. The summed E-state index contributed by atoms with van der Waals surface area (Å²) in [5.74, 6) is -0.750. The molecule has 54 valence electrons. The van der Waals surface area contributed by atoms with E-state index >= 15 is 0 Å². The maximum Gasteiger partial charge on any atom is 0.214 e. The smallest absolute Gasteiger partial charge is 0.214 e. The minimum Gasteiger partial charge on any atom is -0.301 e. The van der Waals surface area contributed by atoms with Crippen molar-refractivity contribution in [3.05, 3.63) is 24.1 Å². The quantitative estimate of drug-likeness (QED) is 0.489. The van der Waals surface area contributed by atoms with Gasteiger partial charge in [0.1, 0.15) is 0 Å². The van der Waals surface area contributed by atoms with E-state index in [-0.39, 0.29) is 5.03 Å². The Balaban J connectivity index is 3.07. The summed E-state index contributed by atoms with van der Waals surface area (Å²) in [6.07, 6.45) is 0. The highest BCUT2D eigenvalue weighted by atomic mass is 32.2. The lowest BCUT2D eigenvalue weighted by Crippen LogP contribution is -1.93. The molecule has 0 amide bonds. The van der Waals surface area contributed by atoms with Crippen molar-refractivity contribution in [1.29, 1.82) is 0 Å². The molecule has 0 bridgehead atoms. The lowest BCUT2D eigenvalue weighted by molar-refractivity contribution is 0.541. The fraction of sp³-hybridized carbons (Fsp3) is 0. The van der Waals surface area contributed by atoms with Crippen LogP contribution in [0.5, 0.6) is 0 Å². The second-order valence-corrected chi connectivity index (χ2v) is 2.46. The van der Waals surface area contributed by atoms with Crippen LogP contribution in [0.4, 0.5) is 4.39 Å². The average molecular weight is 161 g/mol. The summed E-state index contributed by atoms with van der Waals surface area (Å²) >= 11 is -2.19. The number of aromatic nitrogens is 1. The van der Waals surface area contributed by atoms with Crippen molar-refractivity contribution in [1.82, 2.24) is 4.98 Å².